The van der Waals surface area contributed by atoms with Gasteiger partial charge in [0.2, 0.25) is 0 Å². The van der Waals surface area contributed by atoms with E-state index in [4.69, 9.17) is 0 Å². The predicted octanol–water partition coefficient (Wildman–Crippen LogP) is 3.21. The summed E-state index contributed by atoms with van der Waals surface area (Å²) in [4.78, 5) is 6.45. The number of fused-ring (bicyclic) bond motifs is 1. The first-order chi connectivity index (χ1) is 10.3. The first-order valence-corrected chi connectivity index (χ1v) is 7.14. The molecule has 0 saturated carbocycles. The zero-order valence-electron chi connectivity index (χ0n) is 11.5. The summed E-state index contributed by atoms with van der Waals surface area (Å²) in [6.07, 6.45) is 5.68. The average Bonchev–Trinajstić information content (AvgIpc) is 3.15. The van der Waals surface area contributed by atoms with Gasteiger partial charge in [0.05, 0.1) is 6.04 Å². The first-order valence-electron chi connectivity index (χ1n) is 7.14. The van der Waals surface area contributed by atoms with Crippen molar-refractivity contribution in [3.05, 3.63) is 60.2 Å². The summed E-state index contributed by atoms with van der Waals surface area (Å²) < 4.78 is 15.2. The SMILES string of the molecule is Fc1cccc(C2CCCN2c2ccc3nccn3n2)c1. The summed E-state index contributed by atoms with van der Waals surface area (Å²) in [6, 6.07) is 11.0. The van der Waals surface area contributed by atoms with Gasteiger partial charge in [0.15, 0.2) is 5.65 Å². The Bertz CT molecular complexity index is 783. The number of rotatable bonds is 2. The Kier molecular flexibility index (Phi) is 2.84. The normalized spacial score (nSPS) is 18.5. The fourth-order valence-corrected chi connectivity index (χ4v) is 3.06. The molecule has 1 aliphatic heterocycles. The highest BCUT2D eigenvalue weighted by Crippen LogP contribution is 2.35. The van der Waals surface area contributed by atoms with Crippen LogP contribution in [0.3, 0.4) is 0 Å². The lowest BCUT2D eigenvalue weighted by Gasteiger charge is -2.26. The van der Waals surface area contributed by atoms with Crippen LogP contribution in [0.5, 0.6) is 0 Å². The minimum absolute atomic E-state index is 0.183. The Morgan fingerprint density at radius 1 is 1.19 bits per heavy atom. The monoisotopic (exact) mass is 282 g/mol. The van der Waals surface area contributed by atoms with Crippen molar-refractivity contribution in [2.75, 3.05) is 11.4 Å². The Balaban J connectivity index is 1.72. The molecule has 0 amide bonds. The van der Waals surface area contributed by atoms with Crippen molar-refractivity contribution >= 4 is 11.5 Å². The van der Waals surface area contributed by atoms with E-state index in [1.54, 1.807) is 22.8 Å². The second-order valence-electron chi connectivity index (χ2n) is 5.33. The first kappa shape index (κ1) is 12.3. The molecule has 3 aromatic rings. The van der Waals surface area contributed by atoms with Gasteiger partial charge in [0, 0.05) is 18.9 Å². The third-order valence-corrected chi connectivity index (χ3v) is 4.02. The van der Waals surface area contributed by atoms with Crippen LogP contribution in [0.4, 0.5) is 10.2 Å². The third kappa shape index (κ3) is 2.14. The van der Waals surface area contributed by atoms with Crippen molar-refractivity contribution in [2.24, 2.45) is 0 Å². The van der Waals surface area contributed by atoms with Crippen molar-refractivity contribution < 1.29 is 4.39 Å². The molecule has 0 aliphatic carbocycles. The molecule has 3 heterocycles. The predicted molar refractivity (Wildman–Crippen MR) is 78.7 cm³/mol. The Hall–Kier alpha value is -2.43. The molecule has 0 N–H and O–H groups in total. The van der Waals surface area contributed by atoms with Crippen LogP contribution >= 0.6 is 0 Å². The highest BCUT2D eigenvalue weighted by molar-refractivity contribution is 5.48. The number of anilines is 1. The molecule has 1 unspecified atom stereocenters. The maximum Gasteiger partial charge on any atom is 0.153 e. The van der Waals surface area contributed by atoms with E-state index in [0.29, 0.717) is 0 Å². The highest BCUT2D eigenvalue weighted by atomic mass is 19.1. The van der Waals surface area contributed by atoms with Gasteiger partial charge in [0.25, 0.3) is 0 Å². The van der Waals surface area contributed by atoms with Gasteiger partial charge in [-0.1, -0.05) is 12.1 Å². The topological polar surface area (TPSA) is 33.4 Å². The fourth-order valence-electron chi connectivity index (χ4n) is 3.06. The lowest BCUT2D eigenvalue weighted by Crippen LogP contribution is -2.24. The molecule has 4 nitrogen and oxygen atoms in total. The Morgan fingerprint density at radius 2 is 2.14 bits per heavy atom. The molecular formula is C16H15FN4. The van der Waals surface area contributed by atoms with E-state index in [0.717, 1.165) is 36.4 Å². The molecule has 106 valence electrons. The van der Waals surface area contributed by atoms with E-state index in [2.05, 4.69) is 15.0 Å². The summed E-state index contributed by atoms with van der Waals surface area (Å²) in [7, 11) is 0. The van der Waals surface area contributed by atoms with E-state index >= 15 is 0 Å². The second kappa shape index (κ2) is 4.84. The molecule has 4 rings (SSSR count). The molecule has 21 heavy (non-hydrogen) atoms. The summed E-state index contributed by atoms with van der Waals surface area (Å²) in [6.45, 7) is 0.939. The van der Waals surface area contributed by atoms with Gasteiger partial charge < -0.3 is 4.90 Å². The van der Waals surface area contributed by atoms with E-state index < -0.39 is 0 Å². The number of hydrogen-bond donors (Lipinski definition) is 0. The summed E-state index contributed by atoms with van der Waals surface area (Å²) >= 11 is 0. The Morgan fingerprint density at radius 3 is 3.05 bits per heavy atom. The molecule has 0 bridgehead atoms. The molecule has 1 atom stereocenters. The minimum atomic E-state index is -0.183. The molecule has 1 aliphatic rings. The maximum absolute atomic E-state index is 13.5. The zero-order chi connectivity index (χ0) is 14.2. The van der Waals surface area contributed by atoms with Crippen LogP contribution < -0.4 is 4.90 Å². The van der Waals surface area contributed by atoms with Crippen molar-refractivity contribution in [2.45, 2.75) is 18.9 Å². The van der Waals surface area contributed by atoms with Gasteiger partial charge in [-0.15, -0.1) is 5.10 Å². The van der Waals surface area contributed by atoms with E-state index in [-0.39, 0.29) is 11.9 Å². The summed E-state index contributed by atoms with van der Waals surface area (Å²) in [5.41, 5.74) is 1.85. The van der Waals surface area contributed by atoms with Crippen LogP contribution in [-0.4, -0.2) is 21.1 Å². The van der Waals surface area contributed by atoms with Gasteiger partial charge in [-0.25, -0.2) is 13.9 Å². The maximum atomic E-state index is 13.5. The largest absolute Gasteiger partial charge is 0.348 e. The number of imidazole rings is 1. The quantitative estimate of drug-likeness (QED) is 0.723. The van der Waals surface area contributed by atoms with E-state index in [1.165, 1.54) is 6.07 Å². The molecule has 1 saturated heterocycles. The average molecular weight is 282 g/mol. The molecular weight excluding hydrogens is 267 g/mol. The van der Waals surface area contributed by atoms with E-state index in [9.17, 15) is 4.39 Å². The van der Waals surface area contributed by atoms with Crippen molar-refractivity contribution in [1.82, 2.24) is 14.6 Å². The third-order valence-electron chi connectivity index (χ3n) is 4.02. The lowest BCUT2D eigenvalue weighted by atomic mass is 10.0. The van der Waals surface area contributed by atoms with Crippen LogP contribution in [-0.2, 0) is 0 Å². The van der Waals surface area contributed by atoms with Crippen LogP contribution in [0, 0.1) is 5.82 Å². The van der Waals surface area contributed by atoms with E-state index in [1.807, 2.05) is 24.4 Å². The fraction of sp³-hybridized carbons (Fsp3) is 0.250. The van der Waals surface area contributed by atoms with Crippen LogP contribution in [0.2, 0.25) is 0 Å². The molecule has 0 radical (unpaired) electrons. The van der Waals surface area contributed by atoms with Crippen LogP contribution in [0.25, 0.3) is 5.65 Å². The molecule has 2 aromatic heterocycles. The molecule has 1 aromatic carbocycles. The van der Waals surface area contributed by atoms with Crippen LogP contribution in [0.1, 0.15) is 24.4 Å². The van der Waals surface area contributed by atoms with Gasteiger partial charge in [-0.3, -0.25) is 0 Å². The zero-order valence-corrected chi connectivity index (χ0v) is 11.5. The lowest BCUT2D eigenvalue weighted by molar-refractivity contribution is 0.617. The van der Waals surface area contributed by atoms with Gasteiger partial charge in [-0.05, 0) is 42.7 Å². The highest BCUT2D eigenvalue weighted by Gasteiger charge is 2.27. The number of nitrogens with zero attached hydrogens (tertiary/aromatic N) is 4. The van der Waals surface area contributed by atoms with Crippen molar-refractivity contribution in [1.29, 1.82) is 0 Å². The number of benzene rings is 1. The minimum Gasteiger partial charge on any atom is -0.348 e. The van der Waals surface area contributed by atoms with Gasteiger partial charge in [-0.2, -0.15) is 0 Å². The number of halogens is 1. The molecule has 0 spiro atoms. The Labute approximate surface area is 121 Å². The van der Waals surface area contributed by atoms with Gasteiger partial charge in [0.1, 0.15) is 11.6 Å². The van der Waals surface area contributed by atoms with Crippen molar-refractivity contribution in [3.8, 4) is 0 Å². The summed E-state index contributed by atoms with van der Waals surface area (Å²) in [5.74, 6) is 0.727. The van der Waals surface area contributed by atoms with Crippen LogP contribution in [0.15, 0.2) is 48.8 Å². The second-order valence-corrected chi connectivity index (χ2v) is 5.33. The number of aromatic nitrogens is 3. The molecule has 5 heteroatoms. The summed E-state index contributed by atoms with van der Waals surface area (Å²) in [5, 5.41) is 4.60. The van der Waals surface area contributed by atoms with Gasteiger partial charge >= 0.3 is 0 Å². The molecule has 1 fully saturated rings. The standard InChI is InChI=1S/C16H15FN4/c17-13-4-1-3-12(11-13)14-5-2-9-20(14)16-7-6-15-18-8-10-21(15)19-16/h1,3-4,6-8,10-11,14H,2,5,9H2. The number of hydrogen-bond acceptors (Lipinski definition) is 3. The smallest absolute Gasteiger partial charge is 0.153 e. The van der Waals surface area contributed by atoms with Crippen molar-refractivity contribution in [3.63, 3.8) is 0 Å².